The Morgan fingerprint density at radius 1 is 0.978 bits per heavy atom. The summed E-state index contributed by atoms with van der Waals surface area (Å²) in [6, 6.07) is 23.3. The van der Waals surface area contributed by atoms with E-state index in [0.29, 0.717) is 53.0 Å². The van der Waals surface area contributed by atoms with Crippen molar-refractivity contribution in [3.05, 3.63) is 83.9 Å². The van der Waals surface area contributed by atoms with Crippen molar-refractivity contribution >= 4 is 16.8 Å². The van der Waals surface area contributed by atoms with E-state index in [1.165, 1.54) is 19.4 Å². The highest BCUT2D eigenvalue weighted by Gasteiger charge is 2.29. The average molecular weight is 638 g/mol. The zero-order valence-corrected chi connectivity index (χ0v) is 27.4. The second kappa shape index (κ2) is 16.8. The molecule has 0 bridgehead atoms. The molecule has 244 valence electrons. The predicted molar refractivity (Wildman–Crippen MR) is 177 cm³/mol. The van der Waals surface area contributed by atoms with Crippen LogP contribution < -0.4 is 19.5 Å². The zero-order valence-electron chi connectivity index (χ0n) is 26.6. The minimum absolute atomic E-state index is 0.126. The van der Waals surface area contributed by atoms with E-state index in [0.717, 1.165) is 44.1 Å². The maximum atomic E-state index is 13.1. The van der Waals surface area contributed by atoms with Gasteiger partial charge in [-0.2, -0.15) is 0 Å². The molecule has 0 heterocycles. The second-order valence-electron chi connectivity index (χ2n) is 12.2. The number of aliphatic hydroxyl groups excluding tert-OH is 1. The molecule has 3 aromatic rings. The van der Waals surface area contributed by atoms with Gasteiger partial charge in [-0.3, -0.25) is 4.21 Å². The van der Waals surface area contributed by atoms with Crippen LogP contribution in [0.4, 0.5) is 0 Å². The van der Waals surface area contributed by atoms with Gasteiger partial charge in [0.1, 0.15) is 36.6 Å². The molecule has 8 nitrogen and oxygen atoms in total. The normalized spacial score (nSPS) is 18.1. The zero-order chi connectivity index (χ0) is 32.2. The average Bonchev–Trinajstić information content (AvgIpc) is 3.05. The first-order chi connectivity index (χ1) is 21.6. The number of rotatable bonds is 17. The van der Waals surface area contributed by atoms with Crippen molar-refractivity contribution in [1.82, 2.24) is 5.32 Å². The van der Waals surface area contributed by atoms with Crippen molar-refractivity contribution in [2.24, 2.45) is 0 Å². The van der Waals surface area contributed by atoms with Gasteiger partial charge in [0.2, 0.25) is 0 Å². The summed E-state index contributed by atoms with van der Waals surface area (Å²) in [7, 11) is -1.22. The lowest BCUT2D eigenvalue weighted by molar-refractivity contribution is -0.152. The van der Waals surface area contributed by atoms with Gasteiger partial charge in [-0.05, 0) is 87.3 Å². The van der Waals surface area contributed by atoms with E-state index in [4.69, 9.17) is 14.2 Å². The first kappa shape index (κ1) is 34.5. The summed E-state index contributed by atoms with van der Waals surface area (Å²) in [6.07, 6.45) is 5.19. The van der Waals surface area contributed by atoms with E-state index in [1.807, 2.05) is 54.6 Å². The highest BCUT2D eigenvalue weighted by atomic mass is 32.2. The Morgan fingerprint density at radius 3 is 2.33 bits per heavy atom. The third kappa shape index (κ3) is 10.6. The van der Waals surface area contributed by atoms with Gasteiger partial charge in [-0.15, -0.1) is 0 Å². The minimum atomic E-state index is -1.28. The number of carbonyl (C=O) groups is 1. The van der Waals surface area contributed by atoms with E-state index >= 15 is 0 Å². The first-order valence-electron chi connectivity index (χ1n) is 15.9. The van der Waals surface area contributed by atoms with Gasteiger partial charge in [0, 0.05) is 24.4 Å². The van der Waals surface area contributed by atoms with Crippen LogP contribution in [-0.2, 0) is 22.2 Å². The molecule has 0 aromatic heterocycles. The number of aliphatic hydroxyl groups is 1. The molecule has 0 radical (unpaired) electrons. The highest BCUT2D eigenvalue weighted by molar-refractivity contribution is 7.85. The molecule has 0 aliphatic heterocycles. The molecule has 0 amide bonds. The van der Waals surface area contributed by atoms with Gasteiger partial charge in [0.15, 0.2) is 5.60 Å². The first-order valence-corrected chi connectivity index (χ1v) is 17.2. The number of aliphatic carboxylic acids is 1. The molecule has 45 heavy (non-hydrogen) atoms. The molecule has 9 heteroatoms. The van der Waals surface area contributed by atoms with Gasteiger partial charge < -0.3 is 29.7 Å². The number of carboxylic acid groups (broad SMARTS) is 1. The summed E-state index contributed by atoms with van der Waals surface area (Å²) in [4.78, 5) is 12.0. The maximum Gasteiger partial charge on any atom is 0.347 e. The number of ether oxygens (including phenoxy) is 3. The molecular formula is C36H47NO7S. The number of carboxylic acids is 1. The Kier molecular flexibility index (Phi) is 12.9. The van der Waals surface area contributed by atoms with Crippen molar-refractivity contribution in [2.75, 3.05) is 18.9 Å². The van der Waals surface area contributed by atoms with Crippen LogP contribution in [0.15, 0.2) is 77.7 Å². The third-order valence-electron chi connectivity index (χ3n) is 8.13. The lowest BCUT2D eigenvalue weighted by Crippen LogP contribution is -2.39. The molecule has 3 aromatic carbocycles. The highest BCUT2D eigenvalue weighted by Crippen LogP contribution is 2.34. The van der Waals surface area contributed by atoms with E-state index in [1.54, 1.807) is 18.2 Å². The number of hydrogen-bond acceptors (Lipinski definition) is 7. The Bertz CT molecular complexity index is 1370. The number of benzene rings is 3. The van der Waals surface area contributed by atoms with Crippen LogP contribution in [0.3, 0.4) is 0 Å². The SMILES string of the molecule is CCCCS(=O)c1cc(OC[C@@H](O)CNC2CCC(c3ccc(OC(C)(C)C(=O)O)cc3)CC2)ccc1OCc1ccccc1. The summed E-state index contributed by atoms with van der Waals surface area (Å²) in [5.74, 6) is 1.69. The van der Waals surface area contributed by atoms with E-state index in [9.17, 15) is 19.2 Å². The summed E-state index contributed by atoms with van der Waals surface area (Å²) in [5.41, 5.74) is 0.990. The number of hydrogen-bond donors (Lipinski definition) is 3. The van der Waals surface area contributed by atoms with Crippen molar-refractivity contribution in [3.8, 4) is 17.2 Å². The summed E-state index contributed by atoms with van der Waals surface area (Å²) in [6.45, 7) is 6.09. The standard InChI is InChI=1S/C36H47NO7S/c1-4-5-21-45(41)34-22-32(19-20-33(34)43-24-26-9-7-6-8-10-26)42-25-30(38)23-37-29-15-11-27(12-16-29)28-13-17-31(18-14-28)44-36(2,3)35(39)40/h6-10,13-14,17-20,22,27,29-30,37-38H,4-5,11-12,15-16,21,23-25H2,1-3H3,(H,39,40)/t27?,29?,30-,45?/m0/s1. The van der Waals surface area contributed by atoms with Gasteiger partial charge in [-0.1, -0.05) is 55.8 Å². The predicted octanol–water partition coefficient (Wildman–Crippen LogP) is 6.47. The van der Waals surface area contributed by atoms with Crippen LogP contribution in [0.1, 0.15) is 76.3 Å². The van der Waals surface area contributed by atoms with Gasteiger partial charge in [-0.25, -0.2) is 4.79 Å². The topological polar surface area (TPSA) is 114 Å². The van der Waals surface area contributed by atoms with Gasteiger partial charge >= 0.3 is 5.97 Å². The molecule has 4 rings (SSSR count). The van der Waals surface area contributed by atoms with Crippen molar-refractivity contribution in [3.63, 3.8) is 0 Å². The lowest BCUT2D eigenvalue weighted by Gasteiger charge is -2.30. The molecule has 1 fully saturated rings. The lowest BCUT2D eigenvalue weighted by atomic mass is 9.81. The Hall–Kier alpha value is -3.40. The molecular weight excluding hydrogens is 590 g/mol. The van der Waals surface area contributed by atoms with E-state index in [-0.39, 0.29) is 6.61 Å². The second-order valence-corrected chi connectivity index (χ2v) is 13.7. The van der Waals surface area contributed by atoms with Crippen LogP contribution in [0, 0.1) is 0 Å². The van der Waals surface area contributed by atoms with Crippen molar-refractivity contribution < 1.29 is 33.4 Å². The Balaban J connectivity index is 1.22. The molecule has 0 saturated heterocycles. The summed E-state index contributed by atoms with van der Waals surface area (Å²) >= 11 is 0. The van der Waals surface area contributed by atoms with Crippen molar-refractivity contribution in [1.29, 1.82) is 0 Å². The van der Waals surface area contributed by atoms with Crippen LogP contribution in [0.5, 0.6) is 17.2 Å². The summed E-state index contributed by atoms with van der Waals surface area (Å²) in [5, 5.41) is 23.4. The van der Waals surface area contributed by atoms with Crippen LogP contribution in [0.25, 0.3) is 0 Å². The molecule has 1 aliphatic carbocycles. The Labute approximate surface area is 269 Å². The molecule has 0 spiro atoms. The van der Waals surface area contributed by atoms with Gasteiger partial charge in [0.05, 0.1) is 15.7 Å². The monoisotopic (exact) mass is 637 g/mol. The van der Waals surface area contributed by atoms with Gasteiger partial charge in [0.25, 0.3) is 0 Å². The number of unbranched alkanes of at least 4 members (excludes halogenated alkanes) is 1. The fraction of sp³-hybridized carbons (Fsp3) is 0.472. The molecule has 3 N–H and O–H groups in total. The minimum Gasteiger partial charge on any atom is -0.491 e. The molecule has 1 unspecified atom stereocenters. The molecule has 1 aliphatic rings. The maximum absolute atomic E-state index is 13.1. The van der Waals surface area contributed by atoms with Crippen molar-refractivity contribution in [2.45, 2.75) is 94.5 Å². The Morgan fingerprint density at radius 2 is 1.67 bits per heavy atom. The van der Waals surface area contributed by atoms with E-state index < -0.39 is 28.5 Å². The summed E-state index contributed by atoms with van der Waals surface area (Å²) < 4.78 is 30.7. The third-order valence-corrected chi connectivity index (χ3v) is 9.60. The molecule has 2 atom stereocenters. The fourth-order valence-corrected chi connectivity index (χ4v) is 6.70. The van der Waals surface area contributed by atoms with E-state index in [2.05, 4.69) is 12.2 Å². The number of nitrogens with one attached hydrogen (secondary N) is 1. The van der Waals surface area contributed by atoms with Crippen LogP contribution in [0.2, 0.25) is 0 Å². The van der Waals surface area contributed by atoms with Crippen LogP contribution in [-0.4, -0.2) is 57.0 Å². The quantitative estimate of drug-likeness (QED) is 0.154. The smallest absolute Gasteiger partial charge is 0.347 e. The largest absolute Gasteiger partial charge is 0.491 e. The fourth-order valence-electron chi connectivity index (χ4n) is 5.33. The van der Waals surface area contributed by atoms with Crippen LogP contribution >= 0.6 is 0 Å². The molecule has 1 saturated carbocycles.